The van der Waals surface area contributed by atoms with Gasteiger partial charge in [-0.3, -0.25) is 4.79 Å². The van der Waals surface area contributed by atoms with Crippen LogP contribution in [0.2, 0.25) is 0 Å². The van der Waals surface area contributed by atoms with Crippen molar-refractivity contribution in [3.63, 3.8) is 0 Å². The monoisotopic (exact) mass is 398 g/mol. The van der Waals surface area contributed by atoms with Crippen LogP contribution in [0.4, 0.5) is 0 Å². The highest BCUT2D eigenvalue weighted by Gasteiger charge is 2.22. The number of hydrogen-bond acceptors (Lipinski definition) is 5. The van der Waals surface area contributed by atoms with E-state index in [2.05, 4.69) is 23.8 Å². The zero-order valence-corrected chi connectivity index (χ0v) is 16.8. The fraction of sp³-hybridized carbons (Fsp3) is 0.250. The molecule has 7 nitrogen and oxygen atoms in total. The Bertz CT molecular complexity index is 1160. The third-order valence-corrected chi connectivity index (χ3v) is 5.83. The third-order valence-electron chi connectivity index (χ3n) is 4.16. The lowest BCUT2D eigenvalue weighted by Crippen LogP contribution is -2.12. The Labute approximate surface area is 164 Å². The molecule has 3 aromatic rings. The summed E-state index contributed by atoms with van der Waals surface area (Å²) < 4.78 is 27.4. The Balaban J connectivity index is 2.22. The quantitative estimate of drug-likeness (QED) is 0.642. The lowest BCUT2D eigenvalue weighted by atomic mass is 10.1. The van der Waals surface area contributed by atoms with Crippen molar-refractivity contribution in [3.8, 4) is 0 Å². The van der Waals surface area contributed by atoms with Crippen molar-refractivity contribution < 1.29 is 13.2 Å². The van der Waals surface area contributed by atoms with Gasteiger partial charge < -0.3 is 5.73 Å². The molecular formula is C20H22N4O3S. The van der Waals surface area contributed by atoms with Crippen molar-refractivity contribution >= 4 is 33.2 Å². The van der Waals surface area contributed by atoms with Gasteiger partial charge in [0.15, 0.2) is 5.65 Å². The lowest BCUT2D eigenvalue weighted by molar-refractivity contribution is -0.113. The van der Waals surface area contributed by atoms with E-state index in [9.17, 15) is 13.2 Å². The highest BCUT2D eigenvalue weighted by molar-refractivity contribution is 7.90. The molecule has 8 heteroatoms. The van der Waals surface area contributed by atoms with Crippen LogP contribution in [-0.2, 0) is 21.2 Å². The number of amides is 1. The predicted octanol–water partition coefficient (Wildman–Crippen LogP) is 2.67. The van der Waals surface area contributed by atoms with Gasteiger partial charge in [0.1, 0.15) is 5.52 Å². The fourth-order valence-electron chi connectivity index (χ4n) is 2.84. The van der Waals surface area contributed by atoms with E-state index < -0.39 is 15.9 Å². The van der Waals surface area contributed by atoms with Gasteiger partial charge in [-0.2, -0.15) is 0 Å². The summed E-state index contributed by atoms with van der Waals surface area (Å²) in [7, 11) is -3.87. The summed E-state index contributed by atoms with van der Waals surface area (Å²) in [6.45, 7) is 6.01. The molecule has 2 heterocycles. The van der Waals surface area contributed by atoms with Crippen LogP contribution in [0, 0.1) is 12.8 Å². The first-order chi connectivity index (χ1) is 13.2. The summed E-state index contributed by atoms with van der Waals surface area (Å²) in [4.78, 5) is 20.2. The SMILES string of the molecule is Cc1ccc(S(=O)(=O)n2cc(/C=C/C(N)=O)c3nc(CC(C)C)cnc32)cc1. The molecule has 2 N–H and O–H groups in total. The van der Waals surface area contributed by atoms with E-state index in [0.717, 1.165) is 15.2 Å². The van der Waals surface area contributed by atoms with Gasteiger partial charge in [0.25, 0.3) is 10.0 Å². The van der Waals surface area contributed by atoms with Crippen molar-refractivity contribution in [2.45, 2.75) is 32.1 Å². The first kappa shape index (κ1) is 19.8. The standard InChI is InChI=1S/C20H22N4O3S/c1-13(2)10-16-11-22-20-19(23-16)15(6-9-18(21)25)12-24(20)28(26,27)17-7-4-14(3)5-8-17/h4-9,11-13H,10H2,1-3H3,(H2,21,25)/b9-6+. The van der Waals surface area contributed by atoms with Gasteiger partial charge in [-0.15, -0.1) is 0 Å². The molecule has 0 aliphatic carbocycles. The summed E-state index contributed by atoms with van der Waals surface area (Å²) in [5.41, 5.74) is 7.98. The topological polar surface area (TPSA) is 108 Å². The van der Waals surface area contributed by atoms with Gasteiger partial charge in [0, 0.05) is 17.8 Å². The number of carbonyl (C=O) groups excluding carboxylic acids is 1. The zero-order valence-electron chi connectivity index (χ0n) is 16.0. The molecule has 0 unspecified atom stereocenters. The van der Waals surface area contributed by atoms with E-state index >= 15 is 0 Å². The molecule has 0 atom stereocenters. The first-order valence-corrected chi connectivity index (χ1v) is 10.3. The number of benzene rings is 1. The molecular weight excluding hydrogens is 376 g/mol. The maximum Gasteiger partial charge on any atom is 0.269 e. The summed E-state index contributed by atoms with van der Waals surface area (Å²) >= 11 is 0. The van der Waals surface area contributed by atoms with Gasteiger partial charge in [0.05, 0.1) is 16.8 Å². The Morgan fingerprint density at radius 2 is 1.93 bits per heavy atom. The molecule has 28 heavy (non-hydrogen) atoms. The van der Waals surface area contributed by atoms with Crippen molar-refractivity contribution in [1.29, 1.82) is 0 Å². The second kappa shape index (κ2) is 7.55. The van der Waals surface area contributed by atoms with Crippen molar-refractivity contribution in [1.82, 2.24) is 13.9 Å². The number of fused-ring (bicyclic) bond motifs is 1. The highest BCUT2D eigenvalue weighted by atomic mass is 32.2. The third kappa shape index (κ3) is 3.96. The highest BCUT2D eigenvalue weighted by Crippen LogP contribution is 2.25. The van der Waals surface area contributed by atoms with Crippen LogP contribution in [0.15, 0.2) is 47.6 Å². The summed E-state index contributed by atoms with van der Waals surface area (Å²) in [6, 6.07) is 6.57. The summed E-state index contributed by atoms with van der Waals surface area (Å²) in [5.74, 6) is -0.261. The second-order valence-electron chi connectivity index (χ2n) is 7.07. The molecule has 2 aromatic heterocycles. The molecule has 0 saturated carbocycles. The normalized spacial score (nSPS) is 12.3. The van der Waals surface area contributed by atoms with Crippen LogP contribution in [0.1, 0.15) is 30.7 Å². The van der Waals surface area contributed by atoms with Gasteiger partial charge in [-0.05, 0) is 37.5 Å². The van der Waals surface area contributed by atoms with Gasteiger partial charge >= 0.3 is 0 Å². The number of nitrogens with two attached hydrogens (primary N) is 1. The summed E-state index contributed by atoms with van der Waals surface area (Å²) in [5, 5.41) is 0. The molecule has 1 amide bonds. The van der Waals surface area contributed by atoms with Crippen LogP contribution in [0.25, 0.3) is 17.2 Å². The van der Waals surface area contributed by atoms with Crippen LogP contribution in [0.5, 0.6) is 0 Å². The fourth-order valence-corrected chi connectivity index (χ4v) is 4.16. The second-order valence-corrected chi connectivity index (χ2v) is 8.88. The van der Waals surface area contributed by atoms with Crippen LogP contribution in [0.3, 0.4) is 0 Å². The molecule has 1 aromatic carbocycles. The Kier molecular flexibility index (Phi) is 5.33. The van der Waals surface area contributed by atoms with E-state index in [1.54, 1.807) is 30.5 Å². The number of aromatic nitrogens is 3. The number of primary amides is 1. The van der Waals surface area contributed by atoms with Crippen LogP contribution in [-0.4, -0.2) is 28.3 Å². The molecule has 0 aliphatic rings. The molecule has 0 spiro atoms. The Morgan fingerprint density at radius 1 is 1.25 bits per heavy atom. The number of rotatable bonds is 6. The lowest BCUT2D eigenvalue weighted by Gasteiger charge is -2.08. The molecule has 0 saturated heterocycles. The average Bonchev–Trinajstić information content (AvgIpc) is 2.98. The predicted molar refractivity (Wildman–Crippen MR) is 108 cm³/mol. The first-order valence-electron chi connectivity index (χ1n) is 8.85. The maximum absolute atomic E-state index is 13.2. The van der Waals surface area contributed by atoms with Gasteiger partial charge in [0.2, 0.25) is 5.91 Å². The summed E-state index contributed by atoms with van der Waals surface area (Å²) in [6.07, 6.45) is 6.34. The maximum atomic E-state index is 13.2. The molecule has 146 valence electrons. The molecule has 3 rings (SSSR count). The molecule has 0 fully saturated rings. The van der Waals surface area contributed by atoms with Crippen molar-refractivity contribution in [2.24, 2.45) is 11.7 Å². The van der Waals surface area contributed by atoms with Crippen molar-refractivity contribution in [2.75, 3.05) is 0 Å². The number of hydrogen-bond donors (Lipinski definition) is 1. The molecule has 0 radical (unpaired) electrons. The Morgan fingerprint density at radius 3 is 2.54 bits per heavy atom. The van der Waals surface area contributed by atoms with E-state index in [4.69, 9.17) is 5.73 Å². The molecule has 0 aliphatic heterocycles. The minimum Gasteiger partial charge on any atom is -0.366 e. The van der Waals surface area contributed by atoms with E-state index in [0.29, 0.717) is 23.4 Å². The number of carbonyl (C=O) groups is 1. The van der Waals surface area contributed by atoms with E-state index in [1.165, 1.54) is 18.3 Å². The average molecular weight is 398 g/mol. The minimum absolute atomic E-state index is 0.147. The number of aryl methyl sites for hydroxylation is 1. The smallest absolute Gasteiger partial charge is 0.269 e. The van der Waals surface area contributed by atoms with Crippen LogP contribution >= 0.6 is 0 Å². The molecule has 0 bridgehead atoms. The zero-order chi connectivity index (χ0) is 20.5. The van der Waals surface area contributed by atoms with Gasteiger partial charge in [-0.25, -0.2) is 22.4 Å². The van der Waals surface area contributed by atoms with Gasteiger partial charge in [-0.1, -0.05) is 31.5 Å². The van der Waals surface area contributed by atoms with Crippen LogP contribution < -0.4 is 5.73 Å². The Hall–Kier alpha value is -3.00. The van der Waals surface area contributed by atoms with E-state index in [-0.39, 0.29) is 10.5 Å². The minimum atomic E-state index is -3.87. The van der Waals surface area contributed by atoms with Crippen molar-refractivity contribution in [3.05, 3.63) is 59.6 Å². The van der Waals surface area contributed by atoms with E-state index in [1.807, 2.05) is 6.92 Å². The largest absolute Gasteiger partial charge is 0.366 e. The number of nitrogens with zero attached hydrogens (tertiary/aromatic N) is 3.